The van der Waals surface area contributed by atoms with E-state index in [-0.39, 0.29) is 6.04 Å². The van der Waals surface area contributed by atoms with E-state index in [1.807, 2.05) is 6.92 Å². The van der Waals surface area contributed by atoms with Gasteiger partial charge in [-0.05, 0) is 51.8 Å². The molecule has 0 aliphatic carbocycles. The lowest BCUT2D eigenvalue weighted by Gasteiger charge is -2.09. The minimum atomic E-state index is 0.0854. The highest BCUT2D eigenvalue weighted by molar-refractivity contribution is 5.63. The van der Waals surface area contributed by atoms with Crippen molar-refractivity contribution in [1.82, 2.24) is 15.5 Å². The van der Waals surface area contributed by atoms with Gasteiger partial charge in [-0.1, -0.05) is 24.6 Å². The zero-order chi connectivity index (χ0) is 14.7. The molecule has 1 atom stereocenters. The van der Waals surface area contributed by atoms with Gasteiger partial charge in [0, 0.05) is 5.56 Å². The van der Waals surface area contributed by atoms with Crippen molar-refractivity contribution in [1.29, 1.82) is 0 Å². The lowest BCUT2D eigenvalue weighted by atomic mass is 10.00. The molecule has 1 aromatic carbocycles. The number of hydrogen-bond donors (Lipinski definition) is 1. The number of benzene rings is 1. The first-order valence-corrected chi connectivity index (χ1v) is 7.18. The summed E-state index contributed by atoms with van der Waals surface area (Å²) in [6, 6.07) is 4.37. The maximum Gasteiger partial charge on any atom is 0.248 e. The van der Waals surface area contributed by atoms with Crippen molar-refractivity contribution in [3.05, 3.63) is 34.7 Å². The summed E-state index contributed by atoms with van der Waals surface area (Å²) in [6.45, 7) is 11.4. The van der Waals surface area contributed by atoms with Crippen LogP contribution in [0.2, 0.25) is 0 Å². The first-order valence-electron chi connectivity index (χ1n) is 7.18. The lowest BCUT2D eigenvalue weighted by Crippen LogP contribution is -2.19. The molecular formula is C16H23N3O. The molecule has 2 rings (SSSR count). The minimum absolute atomic E-state index is 0.0854. The van der Waals surface area contributed by atoms with E-state index in [9.17, 15) is 0 Å². The van der Waals surface area contributed by atoms with Gasteiger partial charge in [-0.2, -0.15) is 0 Å². The molecular weight excluding hydrogens is 250 g/mol. The fourth-order valence-corrected chi connectivity index (χ4v) is 2.48. The van der Waals surface area contributed by atoms with E-state index in [0.717, 1.165) is 18.5 Å². The van der Waals surface area contributed by atoms with Gasteiger partial charge in [0.25, 0.3) is 0 Å². The Labute approximate surface area is 120 Å². The van der Waals surface area contributed by atoms with E-state index < -0.39 is 0 Å². The van der Waals surface area contributed by atoms with Gasteiger partial charge in [-0.15, -0.1) is 10.2 Å². The molecule has 108 valence electrons. The van der Waals surface area contributed by atoms with Crippen LogP contribution in [0.3, 0.4) is 0 Å². The second kappa shape index (κ2) is 6.18. The number of hydrogen-bond acceptors (Lipinski definition) is 4. The molecule has 4 heteroatoms. The standard InChI is InChI=1S/C16H23N3O/c1-6-7-17-13(5)15-18-19-16(20-15)14-11(3)8-10(2)9-12(14)4/h8-9,13,17H,6-7H2,1-5H3. The molecule has 2 aromatic rings. The average molecular weight is 273 g/mol. The highest BCUT2D eigenvalue weighted by atomic mass is 16.4. The first-order chi connectivity index (χ1) is 9.52. The Hall–Kier alpha value is -1.68. The topological polar surface area (TPSA) is 51.0 Å². The maximum absolute atomic E-state index is 5.85. The Morgan fingerprint density at radius 1 is 1.15 bits per heavy atom. The summed E-state index contributed by atoms with van der Waals surface area (Å²) < 4.78 is 5.85. The third-order valence-corrected chi connectivity index (χ3v) is 3.40. The van der Waals surface area contributed by atoms with Gasteiger partial charge in [-0.3, -0.25) is 0 Å². The van der Waals surface area contributed by atoms with Gasteiger partial charge < -0.3 is 9.73 Å². The van der Waals surface area contributed by atoms with Crippen LogP contribution in [-0.4, -0.2) is 16.7 Å². The van der Waals surface area contributed by atoms with E-state index in [0.29, 0.717) is 11.8 Å². The Morgan fingerprint density at radius 3 is 2.40 bits per heavy atom. The van der Waals surface area contributed by atoms with Gasteiger partial charge in [0.15, 0.2) is 0 Å². The van der Waals surface area contributed by atoms with E-state index in [1.165, 1.54) is 16.7 Å². The minimum Gasteiger partial charge on any atom is -0.419 e. The summed E-state index contributed by atoms with van der Waals surface area (Å²) in [7, 11) is 0. The van der Waals surface area contributed by atoms with Crippen LogP contribution in [0.5, 0.6) is 0 Å². The van der Waals surface area contributed by atoms with Gasteiger partial charge in [0.05, 0.1) is 6.04 Å². The predicted molar refractivity (Wildman–Crippen MR) is 80.7 cm³/mol. The molecule has 0 saturated carbocycles. The molecule has 0 aliphatic rings. The highest BCUT2D eigenvalue weighted by Gasteiger charge is 2.17. The summed E-state index contributed by atoms with van der Waals surface area (Å²) in [5.41, 5.74) is 4.65. The fourth-order valence-electron chi connectivity index (χ4n) is 2.48. The van der Waals surface area contributed by atoms with Crippen molar-refractivity contribution in [2.75, 3.05) is 6.54 Å². The second-order valence-electron chi connectivity index (χ2n) is 5.39. The molecule has 1 aromatic heterocycles. The van der Waals surface area contributed by atoms with Crippen molar-refractivity contribution >= 4 is 0 Å². The Balaban J connectivity index is 2.29. The molecule has 0 fully saturated rings. The highest BCUT2D eigenvalue weighted by Crippen LogP contribution is 2.28. The normalized spacial score (nSPS) is 12.7. The molecule has 0 bridgehead atoms. The van der Waals surface area contributed by atoms with E-state index in [1.54, 1.807) is 0 Å². The molecule has 0 radical (unpaired) electrons. The van der Waals surface area contributed by atoms with Crippen molar-refractivity contribution < 1.29 is 4.42 Å². The summed E-state index contributed by atoms with van der Waals surface area (Å²) >= 11 is 0. The monoisotopic (exact) mass is 273 g/mol. The van der Waals surface area contributed by atoms with Crippen LogP contribution in [0.25, 0.3) is 11.5 Å². The first kappa shape index (κ1) is 14.7. The number of aryl methyl sites for hydroxylation is 3. The lowest BCUT2D eigenvalue weighted by molar-refractivity contribution is 0.423. The molecule has 0 saturated heterocycles. The van der Waals surface area contributed by atoms with Crippen LogP contribution >= 0.6 is 0 Å². The Morgan fingerprint density at radius 2 is 1.80 bits per heavy atom. The third-order valence-electron chi connectivity index (χ3n) is 3.40. The molecule has 0 spiro atoms. The van der Waals surface area contributed by atoms with Crippen LogP contribution in [0.15, 0.2) is 16.5 Å². The molecule has 0 aliphatic heterocycles. The number of aromatic nitrogens is 2. The van der Waals surface area contributed by atoms with Crippen LogP contribution in [0.1, 0.15) is 48.9 Å². The Bertz CT molecular complexity index is 566. The quantitative estimate of drug-likeness (QED) is 0.902. The molecule has 1 N–H and O–H groups in total. The summed E-state index contributed by atoms with van der Waals surface area (Å²) in [4.78, 5) is 0. The summed E-state index contributed by atoms with van der Waals surface area (Å²) in [5.74, 6) is 1.26. The maximum atomic E-state index is 5.85. The molecule has 4 nitrogen and oxygen atoms in total. The van der Waals surface area contributed by atoms with Gasteiger partial charge >= 0.3 is 0 Å². The van der Waals surface area contributed by atoms with Gasteiger partial charge in [-0.25, -0.2) is 0 Å². The van der Waals surface area contributed by atoms with Crippen molar-refractivity contribution in [3.63, 3.8) is 0 Å². The smallest absolute Gasteiger partial charge is 0.248 e. The Kier molecular flexibility index (Phi) is 4.55. The predicted octanol–water partition coefficient (Wildman–Crippen LogP) is 3.72. The van der Waals surface area contributed by atoms with Crippen molar-refractivity contribution in [2.24, 2.45) is 0 Å². The largest absolute Gasteiger partial charge is 0.419 e. The number of rotatable bonds is 5. The number of nitrogens with zero attached hydrogens (tertiary/aromatic N) is 2. The summed E-state index contributed by atoms with van der Waals surface area (Å²) in [5, 5.41) is 11.7. The molecule has 1 heterocycles. The third kappa shape index (κ3) is 3.07. The molecule has 1 unspecified atom stereocenters. The van der Waals surface area contributed by atoms with Crippen LogP contribution in [-0.2, 0) is 0 Å². The number of nitrogens with one attached hydrogen (secondary N) is 1. The van der Waals surface area contributed by atoms with Crippen LogP contribution in [0.4, 0.5) is 0 Å². The summed E-state index contributed by atoms with van der Waals surface area (Å²) in [6.07, 6.45) is 1.08. The van der Waals surface area contributed by atoms with Crippen LogP contribution < -0.4 is 5.32 Å². The molecule has 20 heavy (non-hydrogen) atoms. The zero-order valence-electron chi connectivity index (χ0n) is 12.9. The SMILES string of the molecule is CCCNC(C)c1nnc(-c2c(C)cc(C)cc2C)o1. The zero-order valence-corrected chi connectivity index (χ0v) is 12.9. The van der Waals surface area contributed by atoms with Gasteiger partial charge in [0.2, 0.25) is 11.8 Å². The van der Waals surface area contributed by atoms with Crippen molar-refractivity contribution in [3.8, 4) is 11.5 Å². The molecule has 0 amide bonds. The van der Waals surface area contributed by atoms with E-state index in [2.05, 4.69) is 55.3 Å². The van der Waals surface area contributed by atoms with Crippen molar-refractivity contribution in [2.45, 2.75) is 47.1 Å². The average Bonchev–Trinajstić information content (AvgIpc) is 2.84. The van der Waals surface area contributed by atoms with Crippen LogP contribution in [0, 0.1) is 20.8 Å². The van der Waals surface area contributed by atoms with E-state index >= 15 is 0 Å². The van der Waals surface area contributed by atoms with E-state index in [4.69, 9.17) is 4.42 Å². The fraction of sp³-hybridized carbons (Fsp3) is 0.500. The second-order valence-corrected chi connectivity index (χ2v) is 5.39. The van der Waals surface area contributed by atoms with Gasteiger partial charge in [0.1, 0.15) is 0 Å².